The van der Waals surface area contributed by atoms with Gasteiger partial charge in [-0.2, -0.15) is 0 Å². The second-order valence-electron chi connectivity index (χ2n) is 12.3. The number of fused-ring (bicyclic) bond motifs is 1. The van der Waals surface area contributed by atoms with Crippen molar-refractivity contribution in [3.63, 3.8) is 0 Å². The van der Waals surface area contributed by atoms with Gasteiger partial charge >= 0.3 is 5.97 Å². The molecule has 0 aliphatic rings. The highest BCUT2D eigenvalue weighted by Crippen LogP contribution is 2.33. The molecule has 4 rings (SSSR count). The van der Waals surface area contributed by atoms with Crippen molar-refractivity contribution in [1.29, 1.82) is 0 Å². The van der Waals surface area contributed by atoms with Crippen LogP contribution in [0.4, 0.5) is 0 Å². The van der Waals surface area contributed by atoms with Crippen LogP contribution in [0.3, 0.4) is 0 Å². The lowest BCUT2D eigenvalue weighted by Gasteiger charge is -2.24. The predicted octanol–water partition coefficient (Wildman–Crippen LogP) is 8.25. The third kappa shape index (κ3) is 7.74. The first kappa shape index (κ1) is 32.0. The first-order chi connectivity index (χ1) is 20.4. The number of hydrogen-bond donors (Lipinski definition) is 2. The standard InChI is InChI=1S/C36H41ClN2O4/c1-6-7-27(20-24-8-10-26(11-9-24)35(43)38-19-18-33(40)41)34(42)32-22-28-21-30(37)16-17-31(28)39(32)23(2)25-12-14-29(15-13-25)36(3,4)5/h8-17,21-23,27H,6-7,18-20H2,1-5H3,(H,38,43)(H,40,41). The summed E-state index contributed by atoms with van der Waals surface area (Å²) < 4.78 is 2.15. The van der Waals surface area contributed by atoms with Gasteiger partial charge in [0.05, 0.1) is 18.2 Å². The Morgan fingerprint density at radius 1 is 0.953 bits per heavy atom. The molecular weight excluding hydrogens is 560 g/mol. The molecule has 0 radical (unpaired) electrons. The Bertz CT molecular complexity index is 1600. The number of rotatable bonds is 12. The van der Waals surface area contributed by atoms with Crippen LogP contribution in [-0.4, -0.2) is 33.9 Å². The van der Waals surface area contributed by atoms with E-state index < -0.39 is 5.97 Å². The number of carbonyl (C=O) groups excluding carboxylic acids is 2. The van der Waals surface area contributed by atoms with Crippen LogP contribution >= 0.6 is 11.6 Å². The maximum atomic E-state index is 14.3. The van der Waals surface area contributed by atoms with Crippen LogP contribution in [0.2, 0.25) is 5.02 Å². The number of ketones is 1. The van der Waals surface area contributed by atoms with E-state index in [1.807, 2.05) is 36.4 Å². The van der Waals surface area contributed by atoms with E-state index in [4.69, 9.17) is 16.7 Å². The van der Waals surface area contributed by atoms with Gasteiger partial charge in [-0.25, -0.2) is 0 Å². The van der Waals surface area contributed by atoms with Gasteiger partial charge in [-0.15, -0.1) is 0 Å². The molecule has 0 spiro atoms. The van der Waals surface area contributed by atoms with E-state index in [1.165, 1.54) is 5.56 Å². The summed E-state index contributed by atoms with van der Waals surface area (Å²) in [6.45, 7) is 10.9. The van der Waals surface area contributed by atoms with Gasteiger partial charge in [-0.1, -0.05) is 82.1 Å². The minimum Gasteiger partial charge on any atom is -0.481 e. The number of carboxylic acid groups (broad SMARTS) is 1. The molecule has 2 N–H and O–H groups in total. The van der Waals surface area contributed by atoms with E-state index in [0.29, 0.717) is 22.7 Å². The molecule has 1 heterocycles. The summed E-state index contributed by atoms with van der Waals surface area (Å²) in [6, 6.07) is 23.5. The molecule has 1 amide bonds. The fraction of sp³-hybridized carbons (Fsp3) is 0.361. The monoisotopic (exact) mass is 600 g/mol. The van der Waals surface area contributed by atoms with Crippen molar-refractivity contribution in [3.8, 4) is 0 Å². The Balaban J connectivity index is 1.63. The Kier molecular flexibility index (Phi) is 10.1. The highest BCUT2D eigenvalue weighted by molar-refractivity contribution is 6.31. The Labute approximate surface area is 259 Å². The molecule has 0 fully saturated rings. The molecule has 226 valence electrons. The van der Waals surface area contributed by atoms with Crippen LogP contribution in [0, 0.1) is 5.92 Å². The molecule has 0 saturated carbocycles. The van der Waals surface area contributed by atoms with Crippen molar-refractivity contribution in [2.24, 2.45) is 5.92 Å². The van der Waals surface area contributed by atoms with Gasteiger partial charge < -0.3 is 15.0 Å². The zero-order chi connectivity index (χ0) is 31.3. The van der Waals surface area contributed by atoms with Gasteiger partial charge in [-0.05, 0) is 78.3 Å². The van der Waals surface area contributed by atoms with Crippen molar-refractivity contribution in [3.05, 3.63) is 106 Å². The number of carboxylic acids is 1. The van der Waals surface area contributed by atoms with Gasteiger partial charge in [-0.3, -0.25) is 14.4 Å². The Morgan fingerprint density at radius 2 is 1.63 bits per heavy atom. The van der Waals surface area contributed by atoms with E-state index >= 15 is 0 Å². The van der Waals surface area contributed by atoms with Crippen molar-refractivity contribution in [2.75, 3.05) is 6.54 Å². The van der Waals surface area contributed by atoms with E-state index in [9.17, 15) is 14.4 Å². The van der Waals surface area contributed by atoms with Crippen LogP contribution < -0.4 is 5.32 Å². The van der Waals surface area contributed by atoms with Crippen LogP contribution in [-0.2, 0) is 16.6 Å². The van der Waals surface area contributed by atoms with Crippen LogP contribution in [0.5, 0.6) is 0 Å². The Hall–Kier alpha value is -3.90. The number of amides is 1. The first-order valence-electron chi connectivity index (χ1n) is 14.9. The first-order valence-corrected chi connectivity index (χ1v) is 15.3. The summed E-state index contributed by atoms with van der Waals surface area (Å²) in [5.41, 5.74) is 5.48. The van der Waals surface area contributed by atoms with Crippen molar-refractivity contribution < 1.29 is 19.5 Å². The molecule has 4 aromatic rings. The van der Waals surface area contributed by atoms with Gasteiger partial charge in [0.1, 0.15) is 0 Å². The largest absolute Gasteiger partial charge is 0.481 e. The minimum absolute atomic E-state index is 0.0511. The highest BCUT2D eigenvalue weighted by atomic mass is 35.5. The average molecular weight is 601 g/mol. The molecule has 2 unspecified atom stereocenters. The number of aliphatic carboxylic acids is 1. The maximum Gasteiger partial charge on any atom is 0.305 e. The van der Waals surface area contributed by atoms with E-state index in [2.05, 4.69) is 68.8 Å². The maximum absolute atomic E-state index is 14.3. The van der Waals surface area contributed by atoms with Crippen molar-refractivity contribution in [1.82, 2.24) is 9.88 Å². The van der Waals surface area contributed by atoms with E-state index in [-0.39, 0.29) is 42.0 Å². The molecule has 0 aliphatic carbocycles. The van der Waals surface area contributed by atoms with Crippen molar-refractivity contribution in [2.45, 2.75) is 71.8 Å². The molecule has 2 atom stereocenters. The lowest BCUT2D eigenvalue weighted by atomic mass is 9.86. The van der Waals surface area contributed by atoms with Gasteiger partial charge in [0.2, 0.25) is 0 Å². The van der Waals surface area contributed by atoms with Gasteiger partial charge in [0.25, 0.3) is 5.91 Å². The number of aromatic nitrogens is 1. The second-order valence-corrected chi connectivity index (χ2v) is 12.7. The number of nitrogens with one attached hydrogen (secondary N) is 1. The predicted molar refractivity (Wildman–Crippen MR) is 173 cm³/mol. The summed E-state index contributed by atoms with van der Waals surface area (Å²) in [7, 11) is 0. The summed E-state index contributed by atoms with van der Waals surface area (Å²) in [6.07, 6.45) is 2.00. The molecule has 43 heavy (non-hydrogen) atoms. The second kappa shape index (κ2) is 13.6. The minimum atomic E-state index is -0.961. The van der Waals surface area contributed by atoms with E-state index in [1.54, 1.807) is 12.1 Å². The topological polar surface area (TPSA) is 88.4 Å². The molecule has 6 nitrogen and oxygen atoms in total. The van der Waals surface area contributed by atoms with Crippen LogP contribution in [0.25, 0.3) is 10.9 Å². The summed E-state index contributed by atoms with van der Waals surface area (Å²) >= 11 is 6.36. The smallest absolute Gasteiger partial charge is 0.305 e. The molecular formula is C36H41ClN2O4. The number of Topliss-reactive ketones (excluding diaryl/α,β-unsaturated/α-hetero) is 1. The number of benzene rings is 3. The van der Waals surface area contributed by atoms with E-state index in [0.717, 1.165) is 34.9 Å². The number of carbonyl (C=O) groups is 3. The normalized spacial score (nSPS) is 13.1. The highest BCUT2D eigenvalue weighted by Gasteiger charge is 2.27. The molecule has 0 saturated heterocycles. The third-order valence-electron chi connectivity index (χ3n) is 8.03. The fourth-order valence-electron chi connectivity index (χ4n) is 5.57. The number of nitrogens with zero attached hydrogens (tertiary/aromatic N) is 1. The molecule has 0 aliphatic heterocycles. The molecule has 3 aromatic carbocycles. The summed E-state index contributed by atoms with van der Waals surface area (Å²) in [4.78, 5) is 37.4. The molecule has 0 bridgehead atoms. The Morgan fingerprint density at radius 3 is 2.23 bits per heavy atom. The summed E-state index contributed by atoms with van der Waals surface area (Å²) in [5, 5.41) is 13.0. The molecule has 1 aromatic heterocycles. The average Bonchev–Trinajstić information content (AvgIpc) is 3.34. The van der Waals surface area contributed by atoms with Gasteiger partial charge in [0.15, 0.2) is 5.78 Å². The fourth-order valence-corrected chi connectivity index (χ4v) is 5.75. The summed E-state index contributed by atoms with van der Waals surface area (Å²) in [5.74, 6) is -1.43. The number of halogens is 1. The van der Waals surface area contributed by atoms with Crippen LogP contribution in [0.15, 0.2) is 72.8 Å². The number of hydrogen-bond acceptors (Lipinski definition) is 3. The van der Waals surface area contributed by atoms with Crippen LogP contribution in [0.1, 0.15) is 97.5 Å². The third-order valence-corrected chi connectivity index (χ3v) is 8.27. The molecule has 7 heteroatoms. The quantitative estimate of drug-likeness (QED) is 0.160. The van der Waals surface area contributed by atoms with Gasteiger partial charge in [0, 0.05) is 34.0 Å². The zero-order valence-electron chi connectivity index (χ0n) is 25.6. The lowest BCUT2D eigenvalue weighted by molar-refractivity contribution is -0.136. The lowest BCUT2D eigenvalue weighted by Crippen LogP contribution is -2.26. The SMILES string of the molecule is CCCC(Cc1ccc(C(=O)NCCC(=O)O)cc1)C(=O)c1cc2cc(Cl)ccc2n1C(C)c1ccc(C(C)(C)C)cc1. The zero-order valence-corrected chi connectivity index (χ0v) is 26.4. The van der Waals surface area contributed by atoms with Crippen molar-refractivity contribution >= 4 is 40.2 Å².